The molecule has 3 rings (SSSR count). The highest BCUT2D eigenvalue weighted by atomic mass is 35.5. The summed E-state index contributed by atoms with van der Waals surface area (Å²) in [6, 6.07) is 4.25. The SMILES string of the molecule is NC(=O)c1c(CC(=O)Cc2ccc(Cl)cc2F)sc2c1CCNC2. The second-order valence-corrected chi connectivity index (χ2v) is 7.35. The average Bonchev–Trinajstić information content (AvgIpc) is 2.87. The van der Waals surface area contributed by atoms with Gasteiger partial charge in [-0.05, 0) is 36.2 Å². The Labute approximate surface area is 147 Å². The van der Waals surface area contributed by atoms with Crippen LogP contribution in [0, 0.1) is 5.82 Å². The van der Waals surface area contributed by atoms with E-state index >= 15 is 0 Å². The Kier molecular flexibility index (Phi) is 4.99. The van der Waals surface area contributed by atoms with Gasteiger partial charge in [-0.2, -0.15) is 0 Å². The fourth-order valence-corrected chi connectivity index (χ4v) is 4.44. The zero-order chi connectivity index (χ0) is 17.3. The average molecular weight is 367 g/mol. The third kappa shape index (κ3) is 3.50. The lowest BCUT2D eigenvalue weighted by Crippen LogP contribution is -2.24. The smallest absolute Gasteiger partial charge is 0.250 e. The molecule has 0 spiro atoms. The summed E-state index contributed by atoms with van der Waals surface area (Å²) >= 11 is 7.15. The molecule has 24 heavy (non-hydrogen) atoms. The summed E-state index contributed by atoms with van der Waals surface area (Å²) in [5.41, 5.74) is 7.24. The molecule has 0 fully saturated rings. The second kappa shape index (κ2) is 7.01. The Balaban J connectivity index is 1.81. The summed E-state index contributed by atoms with van der Waals surface area (Å²) in [4.78, 5) is 25.9. The number of carbonyl (C=O) groups excluding carboxylic acids is 2. The molecule has 0 unspecified atom stereocenters. The van der Waals surface area contributed by atoms with Crippen LogP contribution in [-0.4, -0.2) is 18.2 Å². The Morgan fingerprint density at radius 2 is 2.12 bits per heavy atom. The van der Waals surface area contributed by atoms with Gasteiger partial charge in [0.15, 0.2) is 0 Å². The van der Waals surface area contributed by atoms with Gasteiger partial charge in [-0.1, -0.05) is 17.7 Å². The molecular weight excluding hydrogens is 351 g/mol. The van der Waals surface area contributed by atoms with Gasteiger partial charge in [-0.25, -0.2) is 4.39 Å². The van der Waals surface area contributed by atoms with Crippen molar-refractivity contribution >= 4 is 34.6 Å². The van der Waals surface area contributed by atoms with Crippen molar-refractivity contribution in [1.29, 1.82) is 0 Å². The number of thiophene rings is 1. The molecule has 3 N–H and O–H groups in total. The quantitative estimate of drug-likeness (QED) is 0.854. The number of Topliss-reactive ketones (excluding diaryl/α,β-unsaturated/α-hetero) is 1. The maximum absolute atomic E-state index is 13.8. The molecule has 0 radical (unpaired) electrons. The molecule has 7 heteroatoms. The molecule has 0 bridgehead atoms. The van der Waals surface area contributed by atoms with E-state index in [1.807, 2.05) is 0 Å². The number of ketones is 1. The van der Waals surface area contributed by atoms with Crippen molar-refractivity contribution in [3.05, 3.63) is 55.5 Å². The van der Waals surface area contributed by atoms with E-state index in [1.165, 1.54) is 23.5 Å². The van der Waals surface area contributed by atoms with Crippen LogP contribution in [0.1, 0.15) is 31.2 Å². The number of rotatable bonds is 5. The van der Waals surface area contributed by atoms with Gasteiger partial charge in [-0.3, -0.25) is 9.59 Å². The van der Waals surface area contributed by atoms with Crippen molar-refractivity contribution in [2.24, 2.45) is 5.73 Å². The first-order valence-corrected chi connectivity index (χ1v) is 8.74. The fraction of sp³-hybridized carbons (Fsp3) is 0.294. The standard InChI is InChI=1S/C17H16ClFN2O2S/c18-10-2-1-9(13(19)6-10)5-11(22)7-14-16(17(20)23)12-3-4-21-8-15(12)24-14/h1-2,6,21H,3-5,7-8H2,(H2,20,23). The minimum atomic E-state index is -0.505. The minimum Gasteiger partial charge on any atom is -0.366 e. The number of benzene rings is 1. The van der Waals surface area contributed by atoms with E-state index in [2.05, 4.69) is 5.32 Å². The molecule has 0 aliphatic carbocycles. The number of hydrogen-bond acceptors (Lipinski definition) is 4. The lowest BCUT2D eigenvalue weighted by Gasteiger charge is -2.13. The van der Waals surface area contributed by atoms with E-state index in [1.54, 1.807) is 6.07 Å². The van der Waals surface area contributed by atoms with Crippen LogP contribution in [0.5, 0.6) is 0 Å². The Morgan fingerprint density at radius 3 is 2.83 bits per heavy atom. The van der Waals surface area contributed by atoms with Gasteiger partial charge in [0.05, 0.1) is 5.56 Å². The van der Waals surface area contributed by atoms with Crippen molar-refractivity contribution in [3.8, 4) is 0 Å². The summed E-state index contributed by atoms with van der Waals surface area (Å²) in [6.07, 6.45) is 0.768. The Hall–Kier alpha value is -1.76. The van der Waals surface area contributed by atoms with Gasteiger partial charge in [-0.15, -0.1) is 11.3 Å². The summed E-state index contributed by atoms with van der Waals surface area (Å²) < 4.78 is 13.8. The van der Waals surface area contributed by atoms with E-state index in [0.29, 0.717) is 22.5 Å². The van der Waals surface area contributed by atoms with Crippen molar-refractivity contribution in [2.75, 3.05) is 6.54 Å². The van der Waals surface area contributed by atoms with Crippen LogP contribution in [-0.2, 0) is 30.6 Å². The van der Waals surface area contributed by atoms with Crippen LogP contribution in [0.3, 0.4) is 0 Å². The lowest BCUT2D eigenvalue weighted by atomic mass is 9.99. The molecule has 1 aliphatic rings. The van der Waals surface area contributed by atoms with Gasteiger partial charge in [0.25, 0.3) is 0 Å². The van der Waals surface area contributed by atoms with E-state index in [9.17, 15) is 14.0 Å². The normalized spacial score (nSPS) is 13.6. The van der Waals surface area contributed by atoms with E-state index in [-0.39, 0.29) is 23.6 Å². The number of halogens is 2. The number of amides is 1. The number of nitrogens with two attached hydrogens (primary N) is 1. The maximum atomic E-state index is 13.8. The number of hydrogen-bond donors (Lipinski definition) is 2. The van der Waals surface area contributed by atoms with E-state index in [0.717, 1.165) is 23.4 Å². The highest BCUT2D eigenvalue weighted by Gasteiger charge is 2.25. The summed E-state index contributed by atoms with van der Waals surface area (Å²) in [7, 11) is 0. The van der Waals surface area contributed by atoms with Crippen LogP contribution in [0.4, 0.5) is 4.39 Å². The van der Waals surface area contributed by atoms with Crippen LogP contribution < -0.4 is 11.1 Å². The first kappa shape index (κ1) is 17.1. The largest absolute Gasteiger partial charge is 0.366 e. The molecule has 1 aromatic carbocycles. The zero-order valence-electron chi connectivity index (χ0n) is 12.8. The highest BCUT2D eigenvalue weighted by molar-refractivity contribution is 7.12. The minimum absolute atomic E-state index is 0.0397. The monoisotopic (exact) mass is 366 g/mol. The van der Waals surface area contributed by atoms with Crippen LogP contribution in [0.15, 0.2) is 18.2 Å². The number of nitrogens with one attached hydrogen (secondary N) is 1. The molecule has 0 atom stereocenters. The first-order chi connectivity index (χ1) is 11.5. The van der Waals surface area contributed by atoms with Crippen molar-refractivity contribution in [2.45, 2.75) is 25.8 Å². The topological polar surface area (TPSA) is 72.2 Å². The van der Waals surface area contributed by atoms with Crippen molar-refractivity contribution in [1.82, 2.24) is 5.32 Å². The highest BCUT2D eigenvalue weighted by Crippen LogP contribution is 2.31. The van der Waals surface area contributed by atoms with Gasteiger partial charge < -0.3 is 11.1 Å². The van der Waals surface area contributed by atoms with Gasteiger partial charge in [0, 0.05) is 34.2 Å². The number of carbonyl (C=O) groups is 2. The number of fused-ring (bicyclic) bond motifs is 1. The Morgan fingerprint density at radius 1 is 1.33 bits per heavy atom. The van der Waals surface area contributed by atoms with Gasteiger partial charge >= 0.3 is 0 Å². The second-order valence-electron chi connectivity index (χ2n) is 5.72. The molecule has 0 saturated heterocycles. The van der Waals surface area contributed by atoms with Gasteiger partial charge in [0.2, 0.25) is 5.91 Å². The summed E-state index contributed by atoms with van der Waals surface area (Å²) in [5, 5.41) is 3.53. The predicted molar refractivity (Wildman–Crippen MR) is 92.1 cm³/mol. The third-order valence-corrected chi connectivity index (χ3v) is 5.47. The molecule has 126 valence electrons. The van der Waals surface area contributed by atoms with Crippen LogP contribution in [0.25, 0.3) is 0 Å². The van der Waals surface area contributed by atoms with Crippen LogP contribution >= 0.6 is 22.9 Å². The fourth-order valence-electron chi connectivity index (χ4n) is 2.92. The first-order valence-electron chi connectivity index (χ1n) is 7.55. The van der Waals surface area contributed by atoms with Gasteiger partial charge in [0.1, 0.15) is 11.6 Å². The molecule has 1 aromatic heterocycles. The van der Waals surface area contributed by atoms with E-state index < -0.39 is 11.7 Å². The predicted octanol–water partition coefficient (Wildman–Crippen LogP) is 2.64. The molecule has 2 heterocycles. The zero-order valence-corrected chi connectivity index (χ0v) is 14.4. The van der Waals surface area contributed by atoms with Crippen LogP contribution in [0.2, 0.25) is 5.02 Å². The molecule has 0 saturated carbocycles. The lowest BCUT2D eigenvalue weighted by molar-refractivity contribution is -0.117. The number of primary amides is 1. The van der Waals surface area contributed by atoms with E-state index in [4.69, 9.17) is 17.3 Å². The molecular formula is C17H16ClFN2O2S. The molecule has 1 aliphatic heterocycles. The molecule has 2 aromatic rings. The molecule has 4 nitrogen and oxygen atoms in total. The maximum Gasteiger partial charge on any atom is 0.250 e. The summed E-state index contributed by atoms with van der Waals surface area (Å²) in [6.45, 7) is 1.47. The van der Waals surface area contributed by atoms with Crippen molar-refractivity contribution < 1.29 is 14.0 Å². The Bertz CT molecular complexity index is 819. The summed E-state index contributed by atoms with van der Waals surface area (Å²) in [5.74, 6) is -1.17. The molecule has 1 amide bonds. The third-order valence-electron chi connectivity index (χ3n) is 4.01. The van der Waals surface area contributed by atoms with Crippen molar-refractivity contribution in [3.63, 3.8) is 0 Å².